The summed E-state index contributed by atoms with van der Waals surface area (Å²) >= 11 is 0. The quantitative estimate of drug-likeness (QED) is 0.400. The predicted octanol–water partition coefficient (Wildman–Crippen LogP) is 4.25. The Hall–Kier alpha value is 0.0400. The highest BCUT2D eigenvalue weighted by atomic mass is 35.5. The van der Waals surface area contributed by atoms with Crippen molar-refractivity contribution in [3.8, 4) is 0 Å². The number of nitrogens with one attached hydrogen (secondary N) is 3. The second-order valence-corrected chi connectivity index (χ2v) is 7.06. The molecule has 0 saturated carbocycles. The summed E-state index contributed by atoms with van der Waals surface area (Å²) in [5, 5.41) is 10.8. The zero-order valence-electron chi connectivity index (χ0n) is 17.4. The van der Waals surface area contributed by atoms with Crippen LogP contribution in [0, 0.1) is 0 Å². The second-order valence-electron chi connectivity index (χ2n) is 7.06. The summed E-state index contributed by atoms with van der Waals surface area (Å²) in [5.74, 6) is 0. The highest BCUT2D eigenvalue weighted by Crippen LogP contribution is 2.34. The third kappa shape index (κ3) is 13.1. The fraction of sp³-hybridized carbons (Fsp3) is 0.714. The van der Waals surface area contributed by atoms with Crippen LogP contribution in [0.25, 0.3) is 0 Å². The molecule has 0 bridgehead atoms. The van der Waals surface area contributed by atoms with Gasteiger partial charge in [-0.1, -0.05) is 32.4 Å². The van der Waals surface area contributed by atoms with E-state index in [4.69, 9.17) is 0 Å². The summed E-state index contributed by atoms with van der Waals surface area (Å²) in [7, 11) is 0. The fourth-order valence-electron chi connectivity index (χ4n) is 3.71. The van der Waals surface area contributed by atoms with Crippen LogP contribution in [0.1, 0.15) is 44.9 Å². The zero-order valence-corrected chi connectivity index (χ0v) is 20.6. The molecule has 0 spiro atoms. The first-order valence-corrected chi connectivity index (χ1v) is 10.0. The van der Waals surface area contributed by atoms with Crippen LogP contribution >= 0.6 is 49.6 Å². The van der Waals surface area contributed by atoms with Crippen molar-refractivity contribution in [2.45, 2.75) is 63.2 Å². The summed E-state index contributed by atoms with van der Waals surface area (Å²) in [6, 6.07) is 0.988. The number of hydrogen-bond donors (Lipinski definition) is 3. The number of nitrogens with zero attached hydrogens (tertiary/aromatic N) is 1. The minimum Gasteiger partial charge on any atom is -0.317 e. The van der Waals surface area contributed by atoms with Gasteiger partial charge in [0.05, 0.1) is 12.2 Å². The minimum atomic E-state index is 0. The number of hydrogen-bond acceptors (Lipinski definition) is 4. The Morgan fingerprint density at radius 2 is 1.24 bits per heavy atom. The maximum atomic E-state index is 3.77. The Morgan fingerprint density at radius 1 is 0.690 bits per heavy atom. The second kappa shape index (κ2) is 21.3. The van der Waals surface area contributed by atoms with Crippen molar-refractivity contribution in [3.63, 3.8) is 0 Å². The van der Waals surface area contributed by atoms with Crippen molar-refractivity contribution >= 4 is 49.6 Å². The number of rotatable bonds is 2. The first-order chi connectivity index (χ1) is 12.4. The molecule has 2 aliphatic rings. The van der Waals surface area contributed by atoms with Crippen molar-refractivity contribution in [1.82, 2.24) is 20.9 Å². The van der Waals surface area contributed by atoms with Gasteiger partial charge in [0.1, 0.15) is 0 Å². The topological polar surface area (TPSA) is 39.1 Å². The summed E-state index contributed by atoms with van der Waals surface area (Å²) < 4.78 is 0. The molecule has 2 saturated heterocycles. The largest absolute Gasteiger partial charge is 0.317 e. The van der Waals surface area contributed by atoms with Crippen molar-refractivity contribution in [2.24, 2.45) is 0 Å². The van der Waals surface area contributed by atoms with E-state index in [0.717, 1.165) is 45.6 Å². The standard InChI is InChI=1S/C21H36N4.4ClH/c1-3-11-19-20-13-18-23-15-9-7-5-6-8-14-22-16-10-17-24-21(12-4-2)25(19)20;;;;/h11-12,19-24H,1-2,5-10,13-18H2;4*1H. The van der Waals surface area contributed by atoms with E-state index < -0.39 is 0 Å². The van der Waals surface area contributed by atoms with Gasteiger partial charge in [0, 0.05) is 6.04 Å². The lowest BCUT2D eigenvalue weighted by atomic mass is 10.1. The van der Waals surface area contributed by atoms with Gasteiger partial charge in [0.15, 0.2) is 0 Å². The lowest BCUT2D eigenvalue weighted by Gasteiger charge is -2.17. The van der Waals surface area contributed by atoms with Crippen LogP contribution in [0.3, 0.4) is 0 Å². The minimum absolute atomic E-state index is 0. The third-order valence-electron chi connectivity index (χ3n) is 5.13. The molecule has 29 heavy (non-hydrogen) atoms. The highest BCUT2D eigenvalue weighted by molar-refractivity contribution is 5.86. The Labute approximate surface area is 202 Å². The molecule has 0 radical (unpaired) electrons. The number of fused-ring (bicyclic) bond motifs is 1. The molecule has 0 aromatic carbocycles. The van der Waals surface area contributed by atoms with Gasteiger partial charge >= 0.3 is 0 Å². The molecule has 2 aliphatic heterocycles. The molecule has 0 aromatic heterocycles. The van der Waals surface area contributed by atoms with E-state index >= 15 is 0 Å². The lowest BCUT2D eigenvalue weighted by Crippen LogP contribution is -2.37. The molecule has 4 atom stereocenters. The maximum Gasteiger partial charge on any atom is 0.0873 e. The molecule has 4 unspecified atom stereocenters. The molecule has 4 nitrogen and oxygen atoms in total. The van der Waals surface area contributed by atoms with Crippen LogP contribution in [-0.2, 0) is 0 Å². The van der Waals surface area contributed by atoms with Crippen molar-refractivity contribution in [1.29, 1.82) is 0 Å². The van der Waals surface area contributed by atoms with Crippen LogP contribution in [-0.4, -0.2) is 55.9 Å². The first-order valence-electron chi connectivity index (χ1n) is 10.0. The Balaban J connectivity index is -0.00000169. The Morgan fingerprint density at radius 3 is 1.86 bits per heavy atom. The molecule has 172 valence electrons. The van der Waals surface area contributed by atoms with E-state index in [1.807, 2.05) is 6.08 Å². The van der Waals surface area contributed by atoms with E-state index in [-0.39, 0.29) is 55.8 Å². The molecule has 0 aliphatic carbocycles. The average molecular weight is 490 g/mol. The highest BCUT2D eigenvalue weighted by Gasteiger charge is 2.48. The van der Waals surface area contributed by atoms with Crippen molar-refractivity contribution < 1.29 is 0 Å². The van der Waals surface area contributed by atoms with E-state index in [0.29, 0.717) is 12.1 Å². The van der Waals surface area contributed by atoms with Crippen molar-refractivity contribution in [3.05, 3.63) is 36.8 Å². The third-order valence-corrected chi connectivity index (χ3v) is 5.13. The van der Waals surface area contributed by atoms with E-state index in [1.165, 1.54) is 32.1 Å². The molecule has 0 aromatic rings. The van der Waals surface area contributed by atoms with Crippen LogP contribution in [0.15, 0.2) is 36.8 Å². The molecular formula is C21H40Cl4N4. The molecular weight excluding hydrogens is 450 g/mol. The fourth-order valence-corrected chi connectivity index (χ4v) is 3.71. The van der Waals surface area contributed by atoms with Gasteiger partial charge in [0.2, 0.25) is 0 Å². The maximum absolute atomic E-state index is 3.77. The summed E-state index contributed by atoms with van der Waals surface area (Å²) in [6.07, 6.45) is 13.3. The summed E-state index contributed by atoms with van der Waals surface area (Å²) in [4.78, 5) is 2.48. The van der Waals surface area contributed by atoms with Gasteiger partial charge in [-0.15, -0.1) is 61.1 Å². The van der Waals surface area contributed by atoms with Crippen LogP contribution in [0.4, 0.5) is 0 Å². The van der Waals surface area contributed by atoms with Gasteiger partial charge in [-0.25, -0.2) is 0 Å². The zero-order chi connectivity index (χ0) is 17.7. The Bertz CT molecular complexity index is 479. The lowest BCUT2D eigenvalue weighted by molar-refractivity contribution is 0.346. The first kappa shape index (κ1) is 33.7. The molecule has 2 rings (SSSR count). The van der Waals surface area contributed by atoms with E-state index in [1.54, 1.807) is 0 Å². The van der Waals surface area contributed by atoms with E-state index in [9.17, 15) is 0 Å². The van der Waals surface area contributed by atoms with Crippen molar-refractivity contribution in [2.75, 3.05) is 32.7 Å². The molecule has 0 amide bonds. The van der Waals surface area contributed by atoms with E-state index in [2.05, 4.69) is 51.5 Å². The molecule has 3 N–H and O–H groups in total. The van der Waals surface area contributed by atoms with Gasteiger partial charge in [-0.3, -0.25) is 10.2 Å². The van der Waals surface area contributed by atoms with Gasteiger partial charge < -0.3 is 10.6 Å². The number of halogens is 4. The van der Waals surface area contributed by atoms with Crippen LogP contribution in [0.5, 0.6) is 0 Å². The SMILES string of the molecule is C=C=CC1NCCCNCCCCCCCNCCC2C(C=C=C)N12.Cl.Cl.Cl.Cl. The normalized spacial score (nSPS) is 28.3. The summed E-state index contributed by atoms with van der Waals surface area (Å²) in [6.45, 7) is 13.0. The summed E-state index contributed by atoms with van der Waals surface area (Å²) in [5.41, 5.74) is 5.94. The molecule has 2 fully saturated rings. The van der Waals surface area contributed by atoms with Gasteiger partial charge in [0.25, 0.3) is 0 Å². The molecule has 2 heterocycles. The predicted molar refractivity (Wildman–Crippen MR) is 136 cm³/mol. The smallest absolute Gasteiger partial charge is 0.0873 e. The Kier molecular flexibility index (Phi) is 24.7. The van der Waals surface area contributed by atoms with Crippen LogP contribution in [0.2, 0.25) is 0 Å². The van der Waals surface area contributed by atoms with Gasteiger partial charge in [-0.05, 0) is 70.6 Å². The monoisotopic (exact) mass is 488 g/mol. The average Bonchev–Trinajstić information content (AvgIpc) is 3.29. The molecule has 8 heteroatoms. The van der Waals surface area contributed by atoms with Crippen LogP contribution < -0.4 is 16.0 Å². The van der Waals surface area contributed by atoms with Gasteiger partial charge in [-0.2, -0.15) is 0 Å².